The maximum absolute atomic E-state index is 13.6. The van der Waals surface area contributed by atoms with Gasteiger partial charge >= 0.3 is 6.09 Å². The van der Waals surface area contributed by atoms with E-state index in [0.717, 1.165) is 32.7 Å². The lowest BCUT2D eigenvalue weighted by Crippen LogP contribution is -2.44. The maximum atomic E-state index is 13.6. The molecule has 3 heterocycles. The fraction of sp³-hybridized carbons (Fsp3) is 0.333. The van der Waals surface area contributed by atoms with Crippen molar-refractivity contribution in [1.29, 1.82) is 0 Å². The van der Waals surface area contributed by atoms with E-state index in [1.54, 1.807) is 21.8 Å². The summed E-state index contributed by atoms with van der Waals surface area (Å²) >= 11 is 0. The van der Waals surface area contributed by atoms with Gasteiger partial charge in [-0.05, 0) is 53.6 Å². The number of carbonyl (C=O) groups is 3. The molecule has 0 radical (unpaired) electrons. The summed E-state index contributed by atoms with van der Waals surface area (Å²) in [5, 5.41) is 4.21. The second kappa shape index (κ2) is 8.29. The Labute approximate surface area is 207 Å². The third-order valence-corrected chi connectivity index (χ3v) is 7.45. The Morgan fingerprint density at radius 2 is 1.94 bits per heavy atom. The Kier molecular flexibility index (Phi) is 5.17. The lowest BCUT2D eigenvalue weighted by Gasteiger charge is -2.23. The number of nitrogens with zero attached hydrogens (tertiary/aromatic N) is 4. The van der Waals surface area contributed by atoms with Crippen LogP contribution in [0.3, 0.4) is 0 Å². The summed E-state index contributed by atoms with van der Waals surface area (Å²) in [5.41, 5.74) is 3.94. The van der Waals surface area contributed by atoms with E-state index in [9.17, 15) is 18.8 Å². The van der Waals surface area contributed by atoms with Crippen molar-refractivity contribution in [3.8, 4) is 11.1 Å². The first kappa shape index (κ1) is 22.5. The third kappa shape index (κ3) is 3.57. The molecule has 3 aromatic rings. The first-order valence-electron chi connectivity index (χ1n) is 12.1. The molecule has 36 heavy (non-hydrogen) atoms. The quantitative estimate of drug-likeness (QED) is 0.565. The number of benzene rings is 2. The van der Waals surface area contributed by atoms with Crippen molar-refractivity contribution in [3.63, 3.8) is 0 Å². The molecule has 8 nitrogen and oxygen atoms in total. The molecule has 2 aromatic carbocycles. The summed E-state index contributed by atoms with van der Waals surface area (Å²) < 4.78 is 21.0. The van der Waals surface area contributed by atoms with E-state index in [1.165, 1.54) is 12.1 Å². The lowest BCUT2D eigenvalue weighted by atomic mass is 9.93. The third-order valence-electron chi connectivity index (χ3n) is 7.45. The minimum absolute atomic E-state index is 0.298. The summed E-state index contributed by atoms with van der Waals surface area (Å²) in [6.45, 7) is 0.410. The van der Waals surface area contributed by atoms with E-state index in [0.29, 0.717) is 44.3 Å². The molecule has 3 amide bonds. The van der Waals surface area contributed by atoms with Crippen molar-refractivity contribution < 1.29 is 23.5 Å². The molecule has 2 aliphatic heterocycles. The normalized spacial score (nSPS) is 20.9. The van der Waals surface area contributed by atoms with Gasteiger partial charge in [0.05, 0.1) is 6.20 Å². The molecule has 6 rings (SSSR count). The minimum atomic E-state index is -1.39. The van der Waals surface area contributed by atoms with Gasteiger partial charge in [-0.15, -0.1) is 0 Å². The van der Waals surface area contributed by atoms with Crippen LogP contribution in [0.2, 0.25) is 0 Å². The highest BCUT2D eigenvalue weighted by Crippen LogP contribution is 2.46. The SMILES string of the molecule is Cn1cc(-c2ccc3c(c2)CC[C@]32OC(=O)N(CC(=O)N3CCCc4cc(F)ccc4C3)C2=O)cn1. The van der Waals surface area contributed by atoms with Crippen molar-refractivity contribution in [2.24, 2.45) is 7.05 Å². The Morgan fingerprint density at radius 3 is 2.75 bits per heavy atom. The number of halogens is 1. The van der Waals surface area contributed by atoms with E-state index in [2.05, 4.69) is 5.10 Å². The molecule has 0 unspecified atom stereocenters. The van der Waals surface area contributed by atoms with Crippen LogP contribution in [0.25, 0.3) is 11.1 Å². The first-order valence-corrected chi connectivity index (χ1v) is 12.1. The second-order valence-corrected chi connectivity index (χ2v) is 9.69. The van der Waals surface area contributed by atoms with Gasteiger partial charge in [0.1, 0.15) is 12.4 Å². The largest absolute Gasteiger partial charge is 0.427 e. The Bertz CT molecular complexity index is 1420. The number of amides is 3. The number of ether oxygens (including phenoxy) is 1. The number of hydrogen-bond acceptors (Lipinski definition) is 5. The number of hydrogen-bond donors (Lipinski definition) is 0. The van der Waals surface area contributed by atoms with Gasteiger partial charge in [-0.1, -0.05) is 24.3 Å². The zero-order chi connectivity index (χ0) is 25.0. The van der Waals surface area contributed by atoms with E-state index >= 15 is 0 Å². The average Bonchev–Trinajstić information content (AvgIpc) is 3.46. The molecule has 9 heteroatoms. The zero-order valence-electron chi connectivity index (χ0n) is 19.9. The van der Waals surface area contributed by atoms with E-state index in [1.807, 2.05) is 31.4 Å². The van der Waals surface area contributed by atoms with E-state index in [4.69, 9.17) is 4.74 Å². The first-order chi connectivity index (χ1) is 17.3. The van der Waals surface area contributed by atoms with Crippen molar-refractivity contribution in [3.05, 3.63) is 76.9 Å². The van der Waals surface area contributed by atoms with E-state index in [-0.39, 0.29) is 18.3 Å². The van der Waals surface area contributed by atoms with Crippen LogP contribution in [0.4, 0.5) is 9.18 Å². The van der Waals surface area contributed by atoms with Gasteiger partial charge in [0, 0.05) is 43.9 Å². The van der Waals surface area contributed by atoms with Crippen molar-refractivity contribution in [2.45, 2.75) is 37.8 Å². The monoisotopic (exact) mass is 488 g/mol. The lowest BCUT2D eigenvalue weighted by molar-refractivity contribution is -0.142. The molecule has 1 spiro atoms. The summed E-state index contributed by atoms with van der Waals surface area (Å²) in [6, 6.07) is 10.3. The molecule has 0 saturated carbocycles. The number of aryl methyl sites for hydroxylation is 3. The van der Waals surface area contributed by atoms with Crippen molar-refractivity contribution in [1.82, 2.24) is 19.6 Å². The smallest absolute Gasteiger partial charge is 0.418 e. The molecular weight excluding hydrogens is 463 g/mol. The van der Waals surface area contributed by atoms with E-state index < -0.39 is 17.6 Å². The van der Waals surface area contributed by atoms with Crippen LogP contribution in [-0.2, 0) is 46.4 Å². The van der Waals surface area contributed by atoms with Crippen LogP contribution in [0.1, 0.15) is 35.1 Å². The van der Waals surface area contributed by atoms with Gasteiger partial charge in [-0.25, -0.2) is 14.1 Å². The molecule has 0 N–H and O–H groups in total. The van der Waals surface area contributed by atoms with Gasteiger partial charge < -0.3 is 9.64 Å². The summed E-state index contributed by atoms with van der Waals surface area (Å²) in [4.78, 5) is 42.1. The summed E-state index contributed by atoms with van der Waals surface area (Å²) in [7, 11) is 1.85. The molecule has 3 aliphatic rings. The Morgan fingerprint density at radius 1 is 1.08 bits per heavy atom. The van der Waals surface area contributed by atoms with Crippen LogP contribution >= 0.6 is 0 Å². The average molecular weight is 489 g/mol. The Balaban J connectivity index is 1.21. The van der Waals surface area contributed by atoms with Crippen molar-refractivity contribution in [2.75, 3.05) is 13.1 Å². The van der Waals surface area contributed by atoms with Gasteiger partial charge in [-0.2, -0.15) is 5.10 Å². The number of imide groups is 1. The molecule has 1 aliphatic carbocycles. The van der Waals surface area contributed by atoms with Crippen LogP contribution in [0.15, 0.2) is 48.8 Å². The zero-order valence-corrected chi connectivity index (χ0v) is 19.9. The van der Waals surface area contributed by atoms with Crippen LogP contribution in [0.5, 0.6) is 0 Å². The van der Waals surface area contributed by atoms with Crippen LogP contribution < -0.4 is 0 Å². The summed E-state index contributed by atoms with van der Waals surface area (Å²) in [6.07, 6.45) is 5.17. The highest BCUT2D eigenvalue weighted by molar-refractivity contribution is 6.06. The summed E-state index contributed by atoms with van der Waals surface area (Å²) in [5.74, 6) is -1.13. The molecule has 1 aromatic heterocycles. The fourth-order valence-electron chi connectivity index (χ4n) is 5.58. The molecule has 184 valence electrons. The Hall–Kier alpha value is -4.01. The predicted octanol–water partition coefficient (Wildman–Crippen LogP) is 3.32. The highest BCUT2D eigenvalue weighted by atomic mass is 19.1. The molecular formula is C27H25FN4O4. The standard InChI is InChI=1S/C27H25FN4O4/c1-30-14-21(13-29-30)18-5-7-23-19(11-18)8-9-27(23)25(34)32(26(35)36-27)16-24(33)31-10-2-3-17-12-22(28)6-4-20(17)15-31/h4-7,11-14H,2-3,8-10,15-16H2,1H3/t27-/m0/s1. The molecule has 1 fully saturated rings. The predicted molar refractivity (Wildman–Crippen MR) is 127 cm³/mol. The number of fused-ring (bicyclic) bond motifs is 3. The van der Waals surface area contributed by atoms with Crippen LogP contribution in [-0.4, -0.2) is 50.6 Å². The number of aromatic nitrogens is 2. The van der Waals surface area contributed by atoms with Crippen molar-refractivity contribution >= 4 is 17.9 Å². The molecule has 0 bridgehead atoms. The van der Waals surface area contributed by atoms with Gasteiger partial charge in [0.2, 0.25) is 11.5 Å². The maximum Gasteiger partial charge on any atom is 0.418 e. The second-order valence-electron chi connectivity index (χ2n) is 9.69. The fourth-order valence-corrected chi connectivity index (χ4v) is 5.58. The number of carbonyl (C=O) groups excluding carboxylic acids is 3. The van der Waals surface area contributed by atoms with Gasteiger partial charge in [0.25, 0.3) is 5.91 Å². The van der Waals surface area contributed by atoms with Crippen LogP contribution in [0, 0.1) is 5.82 Å². The molecule has 1 atom stereocenters. The van der Waals surface area contributed by atoms with Gasteiger partial charge in [-0.3, -0.25) is 14.3 Å². The minimum Gasteiger partial charge on any atom is -0.427 e. The topological polar surface area (TPSA) is 84.7 Å². The number of rotatable bonds is 3. The van der Waals surface area contributed by atoms with Gasteiger partial charge in [0.15, 0.2) is 0 Å². The molecule has 1 saturated heterocycles. The highest BCUT2D eigenvalue weighted by Gasteiger charge is 2.58.